The molecule has 0 saturated carbocycles. The molecule has 52 heavy (non-hydrogen) atoms. The quantitative estimate of drug-likeness (QED) is 0.0277. The van der Waals surface area contributed by atoms with Crippen LogP contribution < -0.4 is 0 Å². The van der Waals surface area contributed by atoms with Crippen LogP contribution in [0.2, 0.25) is 0 Å². The van der Waals surface area contributed by atoms with Crippen LogP contribution in [-0.2, 0) is 38.3 Å². The summed E-state index contributed by atoms with van der Waals surface area (Å²) in [7, 11) is -5.05. The van der Waals surface area contributed by atoms with E-state index in [0.29, 0.717) is 13.0 Å². The van der Waals surface area contributed by atoms with Gasteiger partial charge < -0.3 is 34.3 Å². The number of aliphatic hydroxyl groups excluding tert-OH is 3. The zero-order valence-electron chi connectivity index (χ0n) is 32.6. The van der Waals surface area contributed by atoms with Crippen molar-refractivity contribution >= 4 is 16.4 Å². The highest BCUT2D eigenvalue weighted by molar-refractivity contribution is 7.80. The topological polar surface area (TPSA) is 178 Å². The smallest absolute Gasteiger partial charge is 0.397 e. The van der Waals surface area contributed by atoms with Crippen molar-refractivity contribution in [3.8, 4) is 0 Å². The maximum absolute atomic E-state index is 12.8. The minimum atomic E-state index is -5.05. The summed E-state index contributed by atoms with van der Waals surface area (Å²) in [5.41, 5.74) is 0. The molecule has 0 amide bonds. The average molecular weight is 769 g/mol. The third-order valence-corrected chi connectivity index (χ3v) is 10.2. The third-order valence-electron chi connectivity index (χ3n) is 9.73. The van der Waals surface area contributed by atoms with E-state index < -0.39 is 59.8 Å². The molecule has 1 fully saturated rings. The summed E-state index contributed by atoms with van der Waals surface area (Å²) in [5.74, 6) is -0.396. The predicted octanol–water partition coefficient (Wildman–Crippen LogP) is 7.74. The summed E-state index contributed by atoms with van der Waals surface area (Å²) in [6.45, 7) is 3.98. The number of esters is 1. The van der Waals surface area contributed by atoms with Crippen molar-refractivity contribution < 1.29 is 56.2 Å². The van der Waals surface area contributed by atoms with Gasteiger partial charge in [-0.1, -0.05) is 162 Å². The lowest BCUT2D eigenvalue weighted by atomic mass is 9.99. The second-order valence-electron chi connectivity index (χ2n) is 14.6. The van der Waals surface area contributed by atoms with E-state index >= 15 is 0 Å². The second-order valence-corrected chi connectivity index (χ2v) is 15.6. The fourth-order valence-electron chi connectivity index (χ4n) is 6.56. The number of carbonyl (C=O) groups is 1. The van der Waals surface area contributed by atoms with Crippen LogP contribution in [0.1, 0.15) is 181 Å². The lowest BCUT2D eigenvalue weighted by Crippen LogP contribution is -2.60. The number of ether oxygens (including phenoxy) is 4. The van der Waals surface area contributed by atoms with Gasteiger partial charge in [-0.05, 0) is 12.8 Å². The maximum atomic E-state index is 12.8. The molecule has 0 aliphatic carbocycles. The van der Waals surface area contributed by atoms with Crippen LogP contribution in [0, 0.1) is 0 Å². The molecule has 6 atom stereocenters. The first-order chi connectivity index (χ1) is 25.1. The van der Waals surface area contributed by atoms with Gasteiger partial charge in [0.05, 0.1) is 19.8 Å². The summed E-state index contributed by atoms with van der Waals surface area (Å²) >= 11 is 0. The molecule has 310 valence electrons. The Bertz CT molecular complexity index is 936. The zero-order valence-corrected chi connectivity index (χ0v) is 33.5. The highest BCUT2D eigenvalue weighted by Crippen LogP contribution is 2.26. The van der Waals surface area contributed by atoms with E-state index in [1.165, 1.54) is 116 Å². The molecule has 12 nitrogen and oxygen atoms in total. The van der Waals surface area contributed by atoms with Gasteiger partial charge in [-0.3, -0.25) is 9.35 Å². The van der Waals surface area contributed by atoms with E-state index in [2.05, 4.69) is 18.0 Å². The van der Waals surface area contributed by atoms with E-state index in [1.54, 1.807) is 0 Å². The molecule has 0 bridgehead atoms. The number of aliphatic hydroxyl groups is 3. The zero-order chi connectivity index (χ0) is 38.3. The van der Waals surface area contributed by atoms with Crippen molar-refractivity contribution in [3.05, 3.63) is 0 Å². The third kappa shape index (κ3) is 26.0. The van der Waals surface area contributed by atoms with Gasteiger partial charge in [-0.2, -0.15) is 8.42 Å². The second kappa shape index (κ2) is 32.4. The van der Waals surface area contributed by atoms with Crippen molar-refractivity contribution in [2.45, 2.75) is 218 Å². The number of carbonyl (C=O) groups excluding carboxylic acids is 1. The molecule has 1 aliphatic heterocycles. The Balaban J connectivity index is 2.43. The van der Waals surface area contributed by atoms with Crippen molar-refractivity contribution in [2.75, 3.05) is 26.4 Å². The molecular formula is C39H76O12S. The fraction of sp³-hybridized carbons (Fsp3) is 0.974. The first-order valence-corrected chi connectivity index (χ1v) is 22.2. The standard InChI is InChI=1S/C39H76O12S/c1-3-5-7-9-11-13-14-15-16-17-18-19-20-22-24-26-28-35(41)49-33(31-47-29-27-25-23-21-12-10-8-6-4-2)32-48-39-37(43)38(51-52(44,45)46)36(42)34(30-40)50-39/h33-34,36-40,42-43H,3-32H2,1-2H3,(H,44,45,46). The Morgan fingerprint density at radius 3 is 1.54 bits per heavy atom. The molecule has 4 N–H and O–H groups in total. The summed E-state index contributed by atoms with van der Waals surface area (Å²) in [5, 5.41) is 30.5. The summed E-state index contributed by atoms with van der Waals surface area (Å²) in [4.78, 5) is 12.8. The molecule has 0 spiro atoms. The van der Waals surface area contributed by atoms with Gasteiger partial charge in [0.1, 0.15) is 30.5 Å². The molecule has 0 aromatic rings. The van der Waals surface area contributed by atoms with Gasteiger partial charge in [0.2, 0.25) is 0 Å². The number of hydrogen-bond acceptors (Lipinski definition) is 11. The largest absolute Gasteiger partial charge is 0.457 e. The molecule has 0 radical (unpaired) electrons. The highest BCUT2D eigenvalue weighted by Gasteiger charge is 2.48. The fourth-order valence-corrected chi connectivity index (χ4v) is 7.06. The van der Waals surface area contributed by atoms with Crippen LogP contribution in [0.3, 0.4) is 0 Å². The van der Waals surface area contributed by atoms with Crippen LogP contribution in [-0.4, -0.2) is 97.5 Å². The molecule has 0 aromatic heterocycles. The summed E-state index contributed by atoms with van der Waals surface area (Å²) < 4.78 is 58.8. The van der Waals surface area contributed by atoms with Crippen LogP contribution in [0.25, 0.3) is 0 Å². The van der Waals surface area contributed by atoms with Crippen molar-refractivity contribution in [3.63, 3.8) is 0 Å². The maximum Gasteiger partial charge on any atom is 0.397 e. The molecule has 1 saturated heterocycles. The molecular weight excluding hydrogens is 692 g/mol. The van der Waals surface area contributed by atoms with E-state index in [9.17, 15) is 28.5 Å². The number of hydrogen-bond donors (Lipinski definition) is 4. The summed E-state index contributed by atoms with van der Waals surface area (Å²) in [6, 6.07) is 0. The van der Waals surface area contributed by atoms with Crippen LogP contribution >= 0.6 is 0 Å². The van der Waals surface area contributed by atoms with E-state index in [1.807, 2.05) is 0 Å². The van der Waals surface area contributed by atoms with E-state index in [-0.39, 0.29) is 19.6 Å². The summed E-state index contributed by atoms with van der Waals surface area (Å²) in [6.07, 6.45) is 21.5. The van der Waals surface area contributed by atoms with Crippen LogP contribution in [0.4, 0.5) is 0 Å². The first-order valence-electron chi connectivity index (χ1n) is 20.8. The number of rotatable bonds is 36. The van der Waals surface area contributed by atoms with E-state index in [0.717, 1.165) is 38.5 Å². The van der Waals surface area contributed by atoms with Gasteiger partial charge in [0.15, 0.2) is 6.29 Å². The normalized spacial score (nSPS) is 21.4. The monoisotopic (exact) mass is 769 g/mol. The van der Waals surface area contributed by atoms with Gasteiger partial charge in [-0.25, -0.2) is 4.18 Å². The van der Waals surface area contributed by atoms with Crippen molar-refractivity contribution in [1.82, 2.24) is 0 Å². The average Bonchev–Trinajstić information content (AvgIpc) is 3.11. The molecule has 13 heteroatoms. The Hall–Kier alpha value is -0.900. The SMILES string of the molecule is CCCCCCCCCCCCCCCCCCC(=O)OC(COCCCCCCCCCCC)COC1OC(CO)C(O)C(OS(=O)(=O)O)C1O. The van der Waals surface area contributed by atoms with Crippen LogP contribution in [0.5, 0.6) is 0 Å². The van der Waals surface area contributed by atoms with Gasteiger partial charge >= 0.3 is 16.4 Å². The Morgan fingerprint density at radius 1 is 0.654 bits per heavy atom. The molecule has 1 aliphatic rings. The Labute approximate surface area is 316 Å². The molecule has 6 unspecified atom stereocenters. The Morgan fingerprint density at radius 2 is 1.10 bits per heavy atom. The van der Waals surface area contributed by atoms with Crippen LogP contribution in [0.15, 0.2) is 0 Å². The first kappa shape index (κ1) is 49.1. The molecule has 0 aromatic carbocycles. The van der Waals surface area contributed by atoms with Crippen molar-refractivity contribution in [1.29, 1.82) is 0 Å². The lowest BCUT2D eigenvalue weighted by molar-refractivity contribution is -0.301. The van der Waals surface area contributed by atoms with E-state index in [4.69, 9.17) is 23.5 Å². The van der Waals surface area contributed by atoms with Crippen molar-refractivity contribution in [2.24, 2.45) is 0 Å². The highest BCUT2D eigenvalue weighted by atomic mass is 32.3. The van der Waals surface area contributed by atoms with Gasteiger partial charge in [-0.15, -0.1) is 0 Å². The van der Waals surface area contributed by atoms with Gasteiger partial charge in [0.25, 0.3) is 0 Å². The lowest BCUT2D eigenvalue weighted by Gasteiger charge is -2.41. The van der Waals surface area contributed by atoms with Gasteiger partial charge in [0, 0.05) is 13.0 Å². The Kier molecular flexibility index (Phi) is 30.6. The number of unbranched alkanes of at least 4 members (excludes halogenated alkanes) is 23. The molecule has 1 rings (SSSR count). The minimum Gasteiger partial charge on any atom is -0.457 e. The predicted molar refractivity (Wildman–Crippen MR) is 202 cm³/mol. The minimum absolute atomic E-state index is 0.0432. The molecule has 1 heterocycles.